The van der Waals surface area contributed by atoms with Crippen LogP contribution in [0, 0.1) is 5.92 Å². The van der Waals surface area contributed by atoms with Crippen LogP contribution in [0.4, 0.5) is 0 Å². The number of carbonyl (C=O) groups excluding carboxylic acids is 2. The number of carbonyl (C=O) groups is 2. The highest BCUT2D eigenvalue weighted by Crippen LogP contribution is 2.28. The van der Waals surface area contributed by atoms with Crippen LogP contribution in [-0.2, 0) is 9.53 Å². The Morgan fingerprint density at radius 1 is 1.16 bits per heavy atom. The Kier molecular flexibility index (Phi) is 7.74. The molecule has 0 fully saturated rings. The molecule has 0 bridgehead atoms. The highest BCUT2D eigenvalue weighted by atomic mass is 16.5. The maximum absolute atomic E-state index is 12.1. The van der Waals surface area contributed by atoms with Gasteiger partial charge in [0.1, 0.15) is 0 Å². The molecule has 0 unspecified atom stereocenters. The lowest BCUT2D eigenvalue weighted by Gasteiger charge is -2.20. The van der Waals surface area contributed by atoms with E-state index in [1.165, 1.54) is 7.11 Å². The van der Waals surface area contributed by atoms with E-state index in [0.29, 0.717) is 29.6 Å². The van der Waals surface area contributed by atoms with Crippen molar-refractivity contribution in [3.05, 3.63) is 23.8 Å². The monoisotopic (exact) mass is 351 g/mol. The van der Waals surface area contributed by atoms with Gasteiger partial charge in [-0.05, 0) is 51.3 Å². The molecule has 1 N–H and O–H groups in total. The van der Waals surface area contributed by atoms with E-state index in [-0.39, 0.29) is 18.1 Å². The van der Waals surface area contributed by atoms with Crippen molar-refractivity contribution in [2.45, 2.75) is 46.6 Å². The average molecular weight is 351 g/mol. The summed E-state index contributed by atoms with van der Waals surface area (Å²) in [6.07, 6.45) is 0.926. The largest absolute Gasteiger partial charge is 0.493 e. The van der Waals surface area contributed by atoms with Crippen LogP contribution in [-0.4, -0.2) is 37.7 Å². The average Bonchev–Trinajstić information content (AvgIpc) is 2.50. The first-order valence-electron chi connectivity index (χ1n) is 8.41. The summed E-state index contributed by atoms with van der Waals surface area (Å²) in [6, 6.07) is 4.82. The minimum Gasteiger partial charge on any atom is -0.493 e. The lowest BCUT2D eigenvalue weighted by Crippen LogP contribution is -2.42. The van der Waals surface area contributed by atoms with Gasteiger partial charge in [0.2, 0.25) is 0 Å². The zero-order chi connectivity index (χ0) is 19.0. The van der Waals surface area contributed by atoms with Crippen molar-refractivity contribution in [3.8, 4) is 11.5 Å². The molecule has 0 radical (unpaired) electrons. The van der Waals surface area contributed by atoms with Crippen molar-refractivity contribution in [2.75, 3.05) is 20.3 Å². The third-order valence-electron chi connectivity index (χ3n) is 3.20. The van der Waals surface area contributed by atoms with Crippen molar-refractivity contribution in [2.24, 2.45) is 5.92 Å². The maximum Gasteiger partial charge on any atom is 0.338 e. The third-order valence-corrected chi connectivity index (χ3v) is 3.20. The predicted molar refractivity (Wildman–Crippen MR) is 96.1 cm³/mol. The molecule has 6 nitrogen and oxygen atoms in total. The van der Waals surface area contributed by atoms with Gasteiger partial charge < -0.3 is 19.5 Å². The molecule has 0 aromatic heterocycles. The molecule has 6 heteroatoms. The van der Waals surface area contributed by atoms with Crippen LogP contribution in [0.3, 0.4) is 0 Å². The van der Waals surface area contributed by atoms with E-state index in [1.54, 1.807) is 18.2 Å². The van der Waals surface area contributed by atoms with E-state index in [2.05, 4.69) is 19.2 Å². The zero-order valence-electron chi connectivity index (χ0n) is 16.0. The lowest BCUT2D eigenvalue weighted by molar-refractivity contribution is -0.125. The van der Waals surface area contributed by atoms with Gasteiger partial charge in [0.05, 0.1) is 19.3 Å². The first-order chi connectivity index (χ1) is 11.6. The Hall–Kier alpha value is -2.24. The SMILES string of the molecule is COc1cc(C(=O)OCC(=O)NC(C)(C)C)ccc1OCCC(C)C. The summed E-state index contributed by atoms with van der Waals surface area (Å²) in [4.78, 5) is 23.8. The second-order valence-electron chi connectivity index (χ2n) is 7.27. The smallest absolute Gasteiger partial charge is 0.338 e. The topological polar surface area (TPSA) is 73.9 Å². The second-order valence-corrected chi connectivity index (χ2v) is 7.27. The number of rotatable bonds is 8. The highest BCUT2D eigenvalue weighted by molar-refractivity contribution is 5.92. The van der Waals surface area contributed by atoms with Gasteiger partial charge in [-0.1, -0.05) is 13.8 Å². The van der Waals surface area contributed by atoms with E-state index in [0.717, 1.165) is 6.42 Å². The molecule has 0 heterocycles. The summed E-state index contributed by atoms with van der Waals surface area (Å²) in [5.41, 5.74) is -0.0709. The third kappa shape index (κ3) is 7.92. The van der Waals surface area contributed by atoms with Crippen LogP contribution < -0.4 is 14.8 Å². The molecular weight excluding hydrogens is 322 g/mol. The number of amides is 1. The fraction of sp³-hybridized carbons (Fsp3) is 0.579. The minimum absolute atomic E-state index is 0.302. The Morgan fingerprint density at radius 2 is 1.84 bits per heavy atom. The molecule has 140 valence electrons. The molecule has 0 aliphatic carbocycles. The fourth-order valence-corrected chi connectivity index (χ4v) is 1.99. The highest BCUT2D eigenvalue weighted by Gasteiger charge is 2.17. The van der Waals surface area contributed by atoms with Gasteiger partial charge in [-0.3, -0.25) is 4.79 Å². The van der Waals surface area contributed by atoms with E-state index < -0.39 is 5.97 Å². The summed E-state index contributed by atoms with van der Waals surface area (Å²) >= 11 is 0. The van der Waals surface area contributed by atoms with Gasteiger partial charge in [0.25, 0.3) is 5.91 Å². The second kappa shape index (κ2) is 9.30. The van der Waals surface area contributed by atoms with E-state index in [9.17, 15) is 9.59 Å². The molecule has 1 rings (SSSR count). The van der Waals surface area contributed by atoms with Crippen molar-refractivity contribution in [3.63, 3.8) is 0 Å². The van der Waals surface area contributed by atoms with E-state index >= 15 is 0 Å². The summed E-state index contributed by atoms with van der Waals surface area (Å²) in [5, 5.41) is 2.73. The standard InChI is InChI=1S/C19H29NO5/c1-13(2)9-10-24-15-8-7-14(11-16(15)23-6)18(22)25-12-17(21)20-19(3,4)5/h7-8,11,13H,9-10,12H2,1-6H3,(H,20,21). The summed E-state index contributed by atoms with van der Waals surface area (Å²) in [5.74, 6) is 0.638. The van der Waals surface area contributed by atoms with Crippen molar-refractivity contribution < 1.29 is 23.8 Å². The summed E-state index contributed by atoms with van der Waals surface area (Å²) < 4.78 is 16.0. The van der Waals surface area contributed by atoms with Crippen molar-refractivity contribution in [1.29, 1.82) is 0 Å². The Labute approximate surface area is 149 Å². The number of ether oxygens (including phenoxy) is 3. The van der Waals surface area contributed by atoms with Crippen molar-refractivity contribution in [1.82, 2.24) is 5.32 Å². The van der Waals surface area contributed by atoms with Crippen molar-refractivity contribution >= 4 is 11.9 Å². The molecule has 0 saturated heterocycles. The Morgan fingerprint density at radius 3 is 2.40 bits per heavy atom. The van der Waals surface area contributed by atoms with Crippen LogP contribution in [0.2, 0.25) is 0 Å². The molecule has 0 aliphatic rings. The van der Waals surface area contributed by atoms with Crippen LogP contribution in [0.25, 0.3) is 0 Å². The molecule has 0 atom stereocenters. The van der Waals surface area contributed by atoms with Gasteiger partial charge in [0.15, 0.2) is 18.1 Å². The number of nitrogens with one attached hydrogen (secondary N) is 1. The molecule has 0 spiro atoms. The Balaban J connectivity index is 2.65. The molecule has 1 aromatic rings. The minimum atomic E-state index is -0.587. The van der Waals surface area contributed by atoms with Crippen LogP contribution in [0.15, 0.2) is 18.2 Å². The predicted octanol–water partition coefficient (Wildman–Crippen LogP) is 3.19. The lowest BCUT2D eigenvalue weighted by atomic mass is 10.1. The number of benzene rings is 1. The quantitative estimate of drug-likeness (QED) is 0.728. The van der Waals surface area contributed by atoms with E-state index in [1.807, 2.05) is 20.8 Å². The fourth-order valence-electron chi connectivity index (χ4n) is 1.99. The molecule has 0 aliphatic heterocycles. The van der Waals surface area contributed by atoms with Gasteiger partial charge in [-0.25, -0.2) is 4.79 Å². The zero-order valence-corrected chi connectivity index (χ0v) is 16.0. The molecule has 25 heavy (non-hydrogen) atoms. The summed E-state index contributed by atoms with van der Waals surface area (Å²) in [7, 11) is 1.51. The molecule has 1 aromatic carbocycles. The van der Waals surface area contributed by atoms with Gasteiger partial charge in [-0.15, -0.1) is 0 Å². The molecule has 1 amide bonds. The Bertz CT molecular complexity index is 590. The van der Waals surface area contributed by atoms with Crippen LogP contribution >= 0.6 is 0 Å². The molecular formula is C19H29NO5. The number of hydrogen-bond donors (Lipinski definition) is 1. The molecule has 0 saturated carbocycles. The van der Waals surface area contributed by atoms with E-state index in [4.69, 9.17) is 14.2 Å². The number of esters is 1. The van der Waals surface area contributed by atoms with Gasteiger partial charge in [0, 0.05) is 5.54 Å². The summed E-state index contributed by atoms with van der Waals surface area (Å²) in [6.45, 7) is 10.1. The van der Waals surface area contributed by atoms with Crippen LogP contribution in [0.5, 0.6) is 11.5 Å². The van der Waals surface area contributed by atoms with Gasteiger partial charge >= 0.3 is 5.97 Å². The first kappa shape index (κ1) is 20.8. The number of methoxy groups -OCH3 is 1. The van der Waals surface area contributed by atoms with Crippen LogP contribution in [0.1, 0.15) is 51.4 Å². The normalized spacial score (nSPS) is 11.2. The maximum atomic E-state index is 12.1. The number of hydrogen-bond acceptors (Lipinski definition) is 5. The first-order valence-corrected chi connectivity index (χ1v) is 8.41. The van der Waals surface area contributed by atoms with Gasteiger partial charge in [-0.2, -0.15) is 0 Å².